The molecule has 2 unspecified atom stereocenters. The average molecular weight is 227 g/mol. The number of nitrogens with two attached hydrogens (primary N) is 1. The summed E-state index contributed by atoms with van der Waals surface area (Å²) >= 11 is 0. The maximum absolute atomic E-state index is 11.6. The summed E-state index contributed by atoms with van der Waals surface area (Å²) in [5.74, 6) is 0.383. The molecular weight excluding hydrogens is 210 g/mol. The molecule has 0 aromatic carbocycles. The average Bonchev–Trinajstić information content (AvgIpc) is 2.79. The molecule has 1 aromatic heterocycles. The molecule has 0 saturated carbocycles. The van der Waals surface area contributed by atoms with Crippen molar-refractivity contribution >= 4 is 5.91 Å². The molecule has 0 saturated heterocycles. The number of carbonyl (C=O) groups is 1. The number of carbonyl (C=O) groups excluding carboxylic acids is 1. The molecular formula is C9H17N5O2. The molecule has 1 aromatic rings. The number of methoxy groups -OCH3 is 1. The molecule has 0 aliphatic rings. The van der Waals surface area contributed by atoms with E-state index in [9.17, 15) is 4.79 Å². The molecule has 90 valence electrons. The first-order chi connectivity index (χ1) is 7.65. The van der Waals surface area contributed by atoms with E-state index in [0.29, 0.717) is 18.9 Å². The molecule has 1 rings (SSSR count). The number of aromatic nitrogens is 3. The Morgan fingerprint density at radius 1 is 1.75 bits per heavy atom. The van der Waals surface area contributed by atoms with Crippen LogP contribution in [0.25, 0.3) is 0 Å². The van der Waals surface area contributed by atoms with Gasteiger partial charge in [0.1, 0.15) is 12.2 Å². The van der Waals surface area contributed by atoms with Gasteiger partial charge in [-0.25, -0.2) is 4.98 Å². The summed E-state index contributed by atoms with van der Waals surface area (Å²) in [5, 5.41) is 9.13. The van der Waals surface area contributed by atoms with Crippen LogP contribution in [0.15, 0.2) is 6.33 Å². The van der Waals surface area contributed by atoms with E-state index in [-0.39, 0.29) is 11.9 Å². The molecule has 7 heteroatoms. The SMILES string of the molecule is COCCC(N)C(=O)NC(C)c1ncn[nH]1. The number of rotatable bonds is 6. The number of H-pyrrole nitrogens is 1. The van der Waals surface area contributed by atoms with Crippen LogP contribution in [0.4, 0.5) is 0 Å². The highest BCUT2D eigenvalue weighted by Crippen LogP contribution is 2.04. The summed E-state index contributed by atoms with van der Waals surface area (Å²) < 4.78 is 4.85. The Balaban J connectivity index is 2.39. The molecule has 0 spiro atoms. The second-order valence-electron chi connectivity index (χ2n) is 3.49. The normalized spacial score (nSPS) is 14.4. The highest BCUT2D eigenvalue weighted by molar-refractivity contribution is 5.81. The van der Waals surface area contributed by atoms with Crippen LogP contribution in [0.5, 0.6) is 0 Å². The van der Waals surface area contributed by atoms with E-state index < -0.39 is 6.04 Å². The van der Waals surface area contributed by atoms with Gasteiger partial charge in [0, 0.05) is 13.7 Å². The molecule has 16 heavy (non-hydrogen) atoms. The lowest BCUT2D eigenvalue weighted by Gasteiger charge is -2.15. The van der Waals surface area contributed by atoms with Gasteiger partial charge in [-0.05, 0) is 13.3 Å². The fourth-order valence-electron chi connectivity index (χ4n) is 1.19. The van der Waals surface area contributed by atoms with Gasteiger partial charge in [-0.1, -0.05) is 0 Å². The zero-order chi connectivity index (χ0) is 12.0. The Hall–Kier alpha value is -1.47. The van der Waals surface area contributed by atoms with Crippen molar-refractivity contribution in [3.8, 4) is 0 Å². The number of hydrogen-bond acceptors (Lipinski definition) is 5. The molecule has 1 heterocycles. The zero-order valence-electron chi connectivity index (χ0n) is 9.43. The predicted molar refractivity (Wildman–Crippen MR) is 57.4 cm³/mol. The Kier molecular flexibility index (Phi) is 4.87. The molecule has 4 N–H and O–H groups in total. The van der Waals surface area contributed by atoms with Gasteiger partial charge in [0.25, 0.3) is 0 Å². The van der Waals surface area contributed by atoms with Crippen LogP contribution in [0.2, 0.25) is 0 Å². The lowest BCUT2D eigenvalue weighted by atomic mass is 10.2. The first-order valence-corrected chi connectivity index (χ1v) is 5.05. The summed E-state index contributed by atoms with van der Waals surface area (Å²) in [4.78, 5) is 15.5. The quantitative estimate of drug-likeness (QED) is 0.598. The van der Waals surface area contributed by atoms with E-state index in [1.807, 2.05) is 0 Å². The molecule has 0 bridgehead atoms. The van der Waals surface area contributed by atoms with Gasteiger partial charge in [0.15, 0.2) is 0 Å². The molecule has 0 aliphatic heterocycles. The maximum Gasteiger partial charge on any atom is 0.237 e. The van der Waals surface area contributed by atoms with Gasteiger partial charge in [-0.3, -0.25) is 9.89 Å². The van der Waals surface area contributed by atoms with Crippen molar-refractivity contribution in [2.75, 3.05) is 13.7 Å². The Morgan fingerprint density at radius 2 is 2.50 bits per heavy atom. The van der Waals surface area contributed by atoms with Crippen molar-refractivity contribution in [2.45, 2.75) is 25.4 Å². The lowest BCUT2D eigenvalue weighted by molar-refractivity contribution is -0.123. The van der Waals surface area contributed by atoms with Crippen molar-refractivity contribution in [1.29, 1.82) is 0 Å². The van der Waals surface area contributed by atoms with Gasteiger partial charge in [0.2, 0.25) is 5.91 Å². The van der Waals surface area contributed by atoms with Crippen molar-refractivity contribution in [1.82, 2.24) is 20.5 Å². The highest BCUT2D eigenvalue weighted by atomic mass is 16.5. The predicted octanol–water partition coefficient (Wildman–Crippen LogP) is -0.654. The standard InChI is InChI=1S/C9H17N5O2/c1-6(8-11-5-12-14-8)13-9(15)7(10)3-4-16-2/h5-7H,3-4,10H2,1-2H3,(H,13,15)(H,11,12,14). The third-order valence-corrected chi connectivity index (χ3v) is 2.17. The van der Waals surface area contributed by atoms with E-state index in [2.05, 4.69) is 20.5 Å². The summed E-state index contributed by atoms with van der Waals surface area (Å²) in [6.45, 7) is 2.27. The molecule has 2 atom stereocenters. The van der Waals surface area contributed by atoms with Gasteiger partial charge in [-0.2, -0.15) is 5.10 Å². The topological polar surface area (TPSA) is 106 Å². The number of hydrogen-bond donors (Lipinski definition) is 3. The minimum atomic E-state index is -0.565. The number of nitrogens with one attached hydrogen (secondary N) is 2. The van der Waals surface area contributed by atoms with Crippen LogP contribution in [-0.4, -0.2) is 40.8 Å². The smallest absolute Gasteiger partial charge is 0.237 e. The van der Waals surface area contributed by atoms with Crippen molar-refractivity contribution in [2.24, 2.45) is 5.73 Å². The van der Waals surface area contributed by atoms with Crippen LogP contribution in [0.3, 0.4) is 0 Å². The van der Waals surface area contributed by atoms with E-state index in [0.717, 1.165) is 0 Å². The third kappa shape index (κ3) is 3.59. The van der Waals surface area contributed by atoms with Crippen molar-refractivity contribution < 1.29 is 9.53 Å². The van der Waals surface area contributed by atoms with E-state index >= 15 is 0 Å². The van der Waals surface area contributed by atoms with Crippen molar-refractivity contribution in [3.63, 3.8) is 0 Å². The highest BCUT2D eigenvalue weighted by Gasteiger charge is 2.17. The summed E-state index contributed by atoms with van der Waals surface area (Å²) in [5.41, 5.74) is 5.67. The molecule has 0 fully saturated rings. The number of aromatic amines is 1. The Bertz CT molecular complexity index is 314. The lowest BCUT2D eigenvalue weighted by Crippen LogP contribution is -2.42. The largest absolute Gasteiger partial charge is 0.385 e. The fourth-order valence-corrected chi connectivity index (χ4v) is 1.19. The van der Waals surface area contributed by atoms with E-state index in [1.165, 1.54) is 6.33 Å². The van der Waals surface area contributed by atoms with Gasteiger partial charge < -0.3 is 15.8 Å². The van der Waals surface area contributed by atoms with Crippen LogP contribution in [0.1, 0.15) is 25.2 Å². The molecule has 0 aliphatic carbocycles. The maximum atomic E-state index is 11.6. The van der Waals surface area contributed by atoms with Gasteiger partial charge in [0.05, 0.1) is 12.1 Å². The Labute approximate surface area is 93.8 Å². The van der Waals surface area contributed by atoms with E-state index in [1.54, 1.807) is 14.0 Å². The molecule has 7 nitrogen and oxygen atoms in total. The van der Waals surface area contributed by atoms with Gasteiger partial charge in [-0.15, -0.1) is 0 Å². The third-order valence-electron chi connectivity index (χ3n) is 2.17. The van der Waals surface area contributed by atoms with Crippen LogP contribution in [-0.2, 0) is 9.53 Å². The second-order valence-corrected chi connectivity index (χ2v) is 3.49. The number of ether oxygens (including phenoxy) is 1. The second kappa shape index (κ2) is 6.19. The number of nitrogens with zero attached hydrogens (tertiary/aromatic N) is 2. The first kappa shape index (κ1) is 12.6. The van der Waals surface area contributed by atoms with Crippen LogP contribution in [0, 0.1) is 0 Å². The summed E-state index contributed by atoms with van der Waals surface area (Å²) in [6, 6.07) is -0.797. The molecule has 1 amide bonds. The van der Waals surface area contributed by atoms with Gasteiger partial charge >= 0.3 is 0 Å². The molecule has 0 radical (unpaired) electrons. The fraction of sp³-hybridized carbons (Fsp3) is 0.667. The first-order valence-electron chi connectivity index (χ1n) is 5.05. The monoisotopic (exact) mass is 227 g/mol. The minimum Gasteiger partial charge on any atom is -0.385 e. The summed E-state index contributed by atoms with van der Waals surface area (Å²) in [7, 11) is 1.57. The zero-order valence-corrected chi connectivity index (χ0v) is 9.43. The van der Waals surface area contributed by atoms with Crippen LogP contribution >= 0.6 is 0 Å². The number of amides is 1. The minimum absolute atomic E-state index is 0.221. The Morgan fingerprint density at radius 3 is 3.06 bits per heavy atom. The van der Waals surface area contributed by atoms with Crippen LogP contribution < -0.4 is 11.1 Å². The van der Waals surface area contributed by atoms with E-state index in [4.69, 9.17) is 10.5 Å². The van der Waals surface area contributed by atoms with Crippen molar-refractivity contribution in [3.05, 3.63) is 12.2 Å². The summed E-state index contributed by atoms with van der Waals surface area (Å²) in [6.07, 6.45) is 1.88.